The van der Waals surface area contributed by atoms with Crippen molar-refractivity contribution < 1.29 is 19.1 Å². The number of nitrogens with one attached hydrogen (secondary N) is 1. The molecule has 0 saturated heterocycles. The van der Waals surface area contributed by atoms with E-state index in [9.17, 15) is 4.79 Å². The Morgan fingerprint density at radius 2 is 2.00 bits per heavy atom. The fraction of sp³-hybridized carbons (Fsp3) is 0.462. The Morgan fingerprint density at radius 1 is 1.32 bits per heavy atom. The van der Waals surface area contributed by atoms with Gasteiger partial charge < -0.3 is 9.47 Å². The third-order valence-electron chi connectivity index (χ3n) is 2.28. The SMILES string of the molecule is COc1cc(C(=O)NOCC(C)C)cc(Cl)c1OC. The smallest absolute Gasteiger partial charge is 0.275 e. The van der Waals surface area contributed by atoms with E-state index in [1.807, 2.05) is 13.8 Å². The van der Waals surface area contributed by atoms with E-state index in [4.69, 9.17) is 25.9 Å². The van der Waals surface area contributed by atoms with Crippen molar-refractivity contribution in [2.24, 2.45) is 5.92 Å². The summed E-state index contributed by atoms with van der Waals surface area (Å²) in [6, 6.07) is 3.04. The molecule has 1 rings (SSSR count). The van der Waals surface area contributed by atoms with E-state index in [-0.39, 0.29) is 5.91 Å². The molecule has 0 aliphatic carbocycles. The first kappa shape index (κ1) is 15.6. The van der Waals surface area contributed by atoms with Gasteiger partial charge in [0, 0.05) is 5.56 Å². The van der Waals surface area contributed by atoms with Gasteiger partial charge in [0.15, 0.2) is 11.5 Å². The minimum atomic E-state index is -0.386. The summed E-state index contributed by atoms with van der Waals surface area (Å²) >= 11 is 6.02. The van der Waals surface area contributed by atoms with Crippen molar-refractivity contribution in [2.75, 3.05) is 20.8 Å². The Labute approximate surface area is 117 Å². The number of hydrogen-bond donors (Lipinski definition) is 1. The molecule has 1 aromatic rings. The Morgan fingerprint density at radius 3 is 2.53 bits per heavy atom. The maximum Gasteiger partial charge on any atom is 0.275 e. The lowest BCUT2D eigenvalue weighted by Crippen LogP contribution is -2.25. The number of carbonyl (C=O) groups excluding carboxylic acids is 1. The summed E-state index contributed by atoms with van der Waals surface area (Å²) in [5, 5.41) is 0.302. The number of halogens is 1. The Bertz CT molecular complexity index is 449. The zero-order chi connectivity index (χ0) is 14.4. The van der Waals surface area contributed by atoms with Crippen molar-refractivity contribution >= 4 is 17.5 Å². The Kier molecular flexibility index (Phi) is 5.92. The number of hydrogen-bond acceptors (Lipinski definition) is 4. The van der Waals surface area contributed by atoms with Gasteiger partial charge in [0.1, 0.15) is 0 Å². The van der Waals surface area contributed by atoms with Crippen LogP contribution in [0.1, 0.15) is 24.2 Å². The van der Waals surface area contributed by atoms with Gasteiger partial charge in [-0.2, -0.15) is 0 Å². The van der Waals surface area contributed by atoms with Gasteiger partial charge in [0.2, 0.25) is 0 Å². The summed E-state index contributed by atoms with van der Waals surface area (Å²) in [7, 11) is 2.96. The molecule has 1 N–H and O–H groups in total. The minimum Gasteiger partial charge on any atom is -0.493 e. The van der Waals surface area contributed by atoms with Crippen molar-refractivity contribution in [3.05, 3.63) is 22.7 Å². The van der Waals surface area contributed by atoms with Crippen LogP contribution in [0.3, 0.4) is 0 Å². The van der Waals surface area contributed by atoms with Gasteiger partial charge in [-0.15, -0.1) is 0 Å². The molecule has 0 aliphatic heterocycles. The average molecular weight is 288 g/mol. The highest BCUT2D eigenvalue weighted by molar-refractivity contribution is 6.32. The van der Waals surface area contributed by atoms with E-state index in [0.717, 1.165) is 0 Å². The molecular weight excluding hydrogens is 270 g/mol. The number of rotatable bonds is 6. The normalized spacial score (nSPS) is 10.4. The van der Waals surface area contributed by atoms with E-state index in [1.165, 1.54) is 20.3 Å². The van der Waals surface area contributed by atoms with Crippen LogP contribution in [0.4, 0.5) is 0 Å². The standard InChI is InChI=1S/C13H18ClNO4/c1-8(2)7-19-15-13(16)9-5-10(14)12(18-4)11(6-9)17-3/h5-6,8H,7H2,1-4H3,(H,15,16). The lowest BCUT2D eigenvalue weighted by molar-refractivity contribution is 0.0208. The highest BCUT2D eigenvalue weighted by Crippen LogP contribution is 2.35. The fourth-order valence-corrected chi connectivity index (χ4v) is 1.67. The number of benzene rings is 1. The van der Waals surface area contributed by atoms with Gasteiger partial charge in [0.05, 0.1) is 25.8 Å². The molecule has 0 bridgehead atoms. The summed E-state index contributed by atoms with van der Waals surface area (Å²) in [4.78, 5) is 16.9. The average Bonchev–Trinajstić information content (AvgIpc) is 2.37. The van der Waals surface area contributed by atoms with Gasteiger partial charge in [-0.3, -0.25) is 9.63 Å². The highest BCUT2D eigenvalue weighted by atomic mass is 35.5. The number of carbonyl (C=O) groups is 1. The van der Waals surface area contributed by atoms with E-state index < -0.39 is 0 Å². The van der Waals surface area contributed by atoms with E-state index in [2.05, 4.69) is 5.48 Å². The van der Waals surface area contributed by atoms with Crippen LogP contribution in [0.25, 0.3) is 0 Å². The summed E-state index contributed by atoms with van der Waals surface area (Å²) < 4.78 is 10.2. The zero-order valence-electron chi connectivity index (χ0n) is 11.5. The summed E-state index contributed by atoms with van der Waals surface area (Å²) in [6.45, 7) is 4.41. The van der Waals surface area contributed by atoms with Gasteiger partial charge in [-0.25, -0.2) is 5.48 Å². The van der Waals surface area contributed by atoms with E-state index in [1.54, 1.807) is 6.07 Å². The molecule has 0 radical (unpaired) electrons. The topological polar surface area (TPSA) is 56.8 Å². The Hall–Kier alpha value is -1.46. The van der Waals surface area contributed by atoms with Crippen LogP contribution in [0.2, 0.25) is 5.02 Å². The largest absolute Gasteiger partial charge is 0.493 e. The van der Waals surface area contributed by atoms with Gasteiger partial charge in [-0.1, -0.05) is 25.4 Å². The van der Waals surface area contributed by atoms with Crippen LogP contribution in [-0.2, 0) is 4.84 Å². The predicted octanol–water partition coefficient (Wildman–Crippen LogP) is 2.67. The first-order valence-electron chi connectivity index (χ1n) is 5.83. The van der Waals surface area contributed by atoms with Gasteiger partial charge in [0.25, 0.3) is 5.91 Å². The molecule has 0 aromatic heterocycles. The summed E-state index contributed by atoms with van der Waals surface area (Å²) in [6.07, 6.45) is 0. The molecule has 19 heavy (non-hydrogen) atoms. The fourth-order valence-electron chi connectivity index (χ4n) is 1.38. The second-order valence-electron chi connectivity index (χ2n) is 4.33. The van der Waals surface area contributed by atoms with Gasteiger partial charge in [-0.05, 0) is 18.1 Å². The summed E-state index contributed by atoms with van der Waals surface area (Å²) in [5.74, 6) is 0.727. The van der Waals surface area contributed by atoms with Crippen molar-refractivity contribution in [3.63, 3.8) is 0 Å². The van der Waals surface area contributed by atoms with Crippen LogP contribution in [0.15, 0.2) is 12.1 Å². The predicted molar refractivity (Wildman–Crippen MR) is 72.8 cm³/mol. The molecular formula is C13H18ClNO4. The van der Waals surface area contributed by atoms with Gasteiger partial charge >= 0.3 is 0 Å². The lowest BCUT2D eigenvalue weighted by Gasteiger charge is -2.12. The van der Waals surface area contributed by atoms with Crippen molar-refractivity contribution in [2.45, 2.75) is 13.8 Å². The maximum atomic E-state index is 11.9. The van der Waals surface area contributed by atoms with Crippen LogP contribution in [-0.4, -0.2) is 26.7 Å². The quantitative estimate of drug-likeness (QED) is 0.817. The summed E-state index contributed by atoms with van der Waals surface area (Å²) in [5.41, 5.74) is 2.69. The molecule has 6 heteroatoms. The third-order valence-corrected chi connectivity index (χ3v) is 2.56. The maximum absolute atomic E-state index is 11.9. The molecule has 0 heterocycles. The number of ether oxygens (including phenoxy) is 2. The van der Waals surface area contributed by atoms with Crippen LogP contribution in [0.5, 0.6) is 11.5 Å². The van der Waals surface area contributed by atoms with E-state index in [0.29, 0.717) is 34.6 Å². The van der Waals surface area contributed by atoms with Crippen molar-refractivity contribution in [3.8, 4) is 11.5 Å². The molecule has 0 spiro atoms. The highest BCUT2D eigenvalue weighted by Gasteiger charge is 2.15. The molecule has 5 nitrogen and oxygen atoms in total. The van der Waals surface area contributed by atoms with Crippen LogP contribution < -0.4 is 15.0 Å². The zero-order valence-corrected chi connectivity index (χ0v) is 12.2. The Balaban J connectivity index is 2.83. The minimum absolute atomic E-state index is 0.302. The number of methoxy groups -OCH3 is 2. The molecule has 0 saturated carbocycles. The second kappa shape index (κ2) is 7.21. The molecule has 0 fully saturated rings. The first-order valence-corrected chi connectivity index (χ1v) is 6.21. The molecule has 1 aromatic carbocycles. The van der Waals surface area contributed by atoms with E-state index >= 15 is 0 Å². The number of hydroxylamine groups is 1. The van der Waals surface area contributed by atoms with Crippen molar-refractivity contribution in [1.29, 1.82) is 0 Å². The second-order valence-corrected chi connectivity index (χ2v) is 4.74. The van der Waals surface area contributed by atoms with Crippen LogP contribution >= 0.6 is 11.6 Å². The first-order chi connectivity index (χ1) is 8.99. The molecule has 0 aliphatic rings. The molecule has 1 amide bonds. The molecule has 0 unspecified atom stereocenters. The monoisotopic (exact) mass is 287 g/mol. The third kappa shape index (κ3) is 4.29. The van der Waals surface area contributed by atoms with Crippen LogP contribution in [0, 0.1) is 5.92 Å². The molecule has 0 atom stereocenters. The lowest BCUT2D eigenvalue weighted by atomic mass is 10.2. The number of amides is 1. The molecule has 106 valence electrons. The van der Waals surface area contributed by atoms with Crippen molar-refractivity contribution in [1.82, 2.24) is 5.48 Å².